The minimum absolute atomic E-state index is 0.0337. The molecule has 0 bridgehead atoms. The van der Waals surface area contributed by atoms with Gasteiger partial charge in [-0.3, -0.25) is 9.69 Å². The second-order valence-corrected chi connectivity index (χ2v) is 7.08. The number of likely N-dealkylation sites (tertiary alicyclic amines) is 1. The molecule has 24 heavy (non-hydrogen) atoms. The van der Waals surface area contributed by atoms with E-state index in [1.54, 1.807) is 0 Å². The van der Waals surface area contributed by atoms with Crippen molar-refractivity contribution in [2.75, 3.05) is 32.8 Å². The van der Waals surface area contributed by atoms with Gasteiger partial charge in [-0.2, -0.15) is 0 Å². The lowest BCUT2D eigenvalue weighted by Gasteiger charge is -2.30. The summed E-state index contributed by atoms with van der Waals surface area (Å²) < 4.78 is 5.46. The third-order valence-electron chi connectivity index (χ3n) is 4.86. The number of piperidine rings is 1. The van der Waals surface area contributed by atoms with Crippen molar-refractivity contribution >= 4 is 5.91 Å². The van der Waals surface area contributed by atoms with Crippen molar-refractivity contribution in [1.82, 2.24) is 15.5 Å². The molecule has 0 radical (unpaired) electrons. The average molecular weight is 331 g/mol. The van der Waals surface area contributed by atoms with E-state index in [0.29, 0.717) is 19.7 Å². The van der Waals surface area contributed by atoms with Crippen LogP contribution in [0.2, 0.25) is 0 Å². The van der Waals surface area contributed by atoms with E-state index in [1.807, 2.05) is 0 Å². The zero-order chi connectivity index (χ0) is 16.8. The molecule has 0 spiro atoms. The van der Waals surface area contributed by atoms with Gasteiger partial charge in [0.05, 0.1) is 6.61 Å². The topological polar surface area (TPSA) is 53.6 Å². The Morgan fingerprint density at radius 2 is 2.12 bits per heavy atom. The Bertz CT molecular complexity index is 526. The summed E-state index contributed by atoms with van der Waals surface area (Å²) in [5.41, 5.74) is 2.47. The van der Waals surface area contributed by atoms with Gasteiger partial charge in [0.1, 0.15) is 6.10 Å². The number of rotatable bonds is 5. The maximum Gasteiger partial charge on any atom is 0.250 e. The van der Waals surface area contributed by atoms with Gasteiger partial charge in [0, 0.05) is 32.7 Å². The van der Waals surface area contributed by atoms with Crippen molar-refractivity contribution in [2.45, 2.75) is 39.0 Å². The summed E-state index contributed by atoms with van der Waals surface area (Å²) >= 11 is 0. The molecule has 2 aliphatic heterocycles. The normalized spacial score (nSPS) is 25.4. The SMILES string of the molecule is CC1CCCN(Cc2ccc(CNC(=O)C3CNCCO3)cc2)C1. The Kier molecular flexibility index (Phi) is 6.24. The number of carbonyl (C=O) groups excluding carboxylic acids is 1. The maximum atomic E-state index is 12.0. The number of nitrogens with zero attached hydrogens (tertiary/aromatic N) is 1. The molecule has 2 fully saturated rings. The van der Waals surface area contributed by atoms with E-state index in [0.717, 1.165) is 24.6 Å². The fraction of sp³-hybridized carbons (Fsp3) is 0.632. The summed E-state index contributed by atoms with van der Waals surface area (Å²) in [6, 6.07) is 8.59. The fourth-order valence-electron chi connectivity index (χ4n) is 3.49. The highest BCUT2D eigenvalue weighted by molar-refractivity contribution is 5.81. The first kappa shape index (κ1) is 17.4. The molecule has 1 aromatic rings. The van der Waals surface area contributed by atoms with E-state index in [-0.39, 0.29) is 12.0 Å². The van der Waals surface area contributed by atoms with Crippen LogP contribution in [0.1, 0.15) is 30.9 Å². The molecule has 2 aliphatic rings. The highest BCUT2D eigenvalue weighted by Crippen LogP contribution is 2.18. The lowest BCUT2D eigenvalue weighted by atomic mass is 9.99. The molecule has 3 rings (SSSR count). The molecule has 0 saturated carbocycles. The molecule has 0 aromatic heterocycles. The first-order valence-corrected chi connectivity index (χ1v) is 9.11. The number of ether oxygens (including phenoxy) is 1. The van der Waals surface area contributed by atoms with Gasteiger partial charge < -0.3 is 15.4 Å². The highest BCUT2D eigenvalue weighted by atomic mass is 16.5. The Morgan fingerprint density at radius 3 is 2.83 bits per heavy atom. The van der Waals surface area contributed by atoms with Gasteiger partial charge in [0.25, 0.3) is 5.91 Å². The quantitative estimate of drug-likeness (QED) is 0.859. The minimum atomic E-state index is -0.362. The molecular weight excluding hydrogens is 302 g/mol. The van der Waals surface area contributed by atoms with Crippen LogP contribution in [-0.2, 0) is 22.6 Å². The molecule has 1 amide bonds. The third kappa shape index (κ3) is 5.03. The van der Waals surface area contributed by atoms with E-state index in [2.05, 4.69) is 46.7 Å². The Morgan fingerprint density at radius 1 is 1.33 bits per heavy atom. The van der Waals surface area contributed by atoms with E-state index >= 15 is 0 Å². The molecule has 2 atom stereocenters. The zero-order valence-corrected chi connectivity index (χ0v) is 14.6. The van der Waals surface area contributed by atoms with Crippen LogP contribution >= 0.6 is 0 Å². The largest absolute Gasteiger partial charge is 0.366 e. The average Bonchev–Trinajstić information content (AvgIpc) is 2.62. The van der Waals surface area contributed by atoms with Gasteiger partial charge in [-0.15, -0.1) is 0 Å². The highest BCUT2D eigenvalue weighted by Gasteiger charge is 2.21. The summed E-state index contributed by atoms with van der Waals surface area (Å²) in [5.74, 6) is 0.776. The zero-order valence-electron chi connectivity index (χ0n) is 14.6. The van der Waals surface area contributed by atoms with Crippen LogP contribution in [0.3, 0.4) is 0 Å². The number of morpholine rings is 1. The Labute approximate surface area is 144 Å². The Hall–Kier alpha value is -1.43. The fourth-order valence-corrected chi connectivity index (χ4v) is 3.49. The number of benzene rings is 1. The van der Waals surface area contributed by atoms with Crippen LogP contribution < -0.4 is 10.6 Å². The van der Waals surface area contributed by atoms with E-state index in [9.17, 15) is 4.79 Å². The summed E-state index contributed by atoms with van der Waals surface area (Å²) in [7, 11) is 0. The molecule has 2 heterocycles. The predicted octanol–water partition coefficient (Wildman–Crippen LogP) is 1.52. The summed E-state index contributed by atoms with van der Waals surface area (Å²) in [6.07, 6.45) is 2.30. The van der Waals surface area contributed by atoms with Crippen molar-refractivity contribution in [3.05, 3.63) is 35.4 Å². The number of hydrogen-bond donors (Lipinski definition) is 2. The smallest absolute Gasteiger partial charge is 0.250 e. The summed E-state index contributed by atoms with van der Waals surface area (Å²) in [4.78, 5) is 14.6. The number of amides is 1. The molecule has 1 aromatic carbocycles. The Balaban J connectivity index is 1.44. The molecule has 2 unspecified atom stereocenters. The molecule has 5 heteroatoms. The van der Waals surface area contributed by atoms with Gasteiger partial charge in [-0.1, -0.05) is 31.2 Å². The number of nitrogens with one attached hydrogen (secondary N) is 2. The first-order chi connectivity index (χ1) is 11.7. The molecule has 132 valence electrons. The molecule has 2 N–H and O–H groups in total. The first-order valence-electron chi connectivity index (χ1n) is 9.11. The van der Waals surface area contributed by atoms with E-state index in [4.69, 9.17) is 4.74 Å². The van der Waals surface area contributed by atoms with Crippen LogP contribution in [0.25, 0.3) is 0 Å². The minimum Gasteiger partial charge on any atom is -0.366 e. The summed E-state index contributed by atoms with van der Waals surface area (Å²) in [6.45, 7) is 8.34. The van der Waals surface area contributed by atoms with Crippen LogP contribution in [0.4, 0.5) is 0 Å². The van der Waals surface area contributed by atoms with Crippen LogP contribution in [0.15, 0.2) is 24.3 Å². The molecular formula is C19H29N3O2. The van der Waals surface area contributed by atoms with Crippen molar-refractivity contribution in [3.8, 4) is 0 Å². The molecule has 5 nitrogen and oxygen atoms in total. The lowest BCUT2D eigenvalue weighted by Crippen LogP contribution is -2.47. The number of carbonyl (C=O) groups is 1. The van der Waals surface area contributed by atoms with Crippen LogP contribution in [-0.4, -0.2) is 49.7 Å². The van der Waals surface area contributed by atoms with Crippen molar-refractivity contribution in [3.63, 3.8) is 0 Å². The van der Waals surface area contributed by atoms with Crippen molar-refractivity contribution < 1.29 is 9.53 Å². The van der Waals surface area contributed by atoms with Crippen LogP contribution in [0, 0.1) is 5.92 Å². The van der Waals surface area contributed by atoms with Gasteiger partial charge in [0.2, 0.25) is 0 Å². The standard InChI is InChI=1S/C19H29N3O2/c1-15-3-2-9-22(13-15)14-17-6-4-16(5-7-17)11-21-19(23)18-12-20-8-10-24-18/h4-7,15,18,20H,2-3,8-14H2,1H3,(H,21,23). The third-order valence-corrected chi connectivity index (χ3v) is 4.86. The molecule has 0 aliphatic carbocycles. The monoisotopic (exact) mass is 331 g/mol. The van der Waals surface area contributed by atoms with Gasteiger partial charge in [-0.25, -0.2) is 0 Å². The van der Waals surface area contributed by atoms with E-state index < -0.39 is 0 Å². The lowest BCUT2D eigenvalue weighted by molar-refractivity contribution is -0.134. The van der Waals surface area contributed by atoms with Crippen molar-refractivity contribution in [2.24, 2.45) is 5.92 Å². The maximum absolute atomic E-state index is 12.0. The van der Waals surface area contributed by atoms with Crippen LogP contribution in [0.5, 0.6) is 0 Å². The van der Waals surface area contributed by atoms with E-state index in [1.165, 1.54) is 31.5 Å². The second-order valence-electron chi connectivity index (χ2n) is 7.08. The summed E-state index contributed by atoms with van der Waals surface area (Å²) in [5, 5.41) is 6.13. The molecule has 2 saturated heterocycles. The van der Waals surface area contributed by atoms with Gasteiger partial charge in [0.15, 0.2) is 0 Å². The second kappa shape index (κ2) is 8.60. The van der Waals surface area contributed by atoms with Crippen molar-refractivity contribution in [1.29, 1.82) is 0 Å². The predicted molar refractivity (Wildman–Crippen MR) is 94.6 cm³/mol. The van der Waals surface area contributed by atoms with Gasteiger partial charge >= 0.3 is 0 Å². The number of hydrogen-bond acceptors (Lipinski definition) is 4. The van der Waals surface area contributed by atoms with Gasteiger partial charge in [-0.05, 0) is 36.4 Å².